The first kappa shape index (κ1) is 18.9. The Balaban J connectivity index is 1.64. The summed E-state index contributed by atoms with van der Waals surface area (Å²) in [4.78, 5) is 30.3. The van der Waals surface area contributed by atoms with Gasteiger partial charge >= 0.3 is 0 Å². The van der Waals surface area contributed by atoms with Gasteiger partial charge in [-0.25, -0.2) is 0 Å². The summed E-state index contributed by atoms with van der Waals surface area (Å²) in [7, 11) is 0. The van der Waals surface area contributed by atoms with Gasteiger partial charge in [0.2, 0.25) is 5.78 Å². The first-order valence-electron chi connectivity index (χ1n) is 9.34. The average molecular weight is 398 g/mol. The van der Waals surface area contributed by atoms with E-state index < -0.39 is 17.7 Å². The molecule has 1 atom stereocenters. The van der Waals surface area contributed by atoms with Crippen LogP contribution in [0.2, 0.25) is 0 Å². The molecule has 1 aromatic carbocycles. The predicted octanol–water partition coefficient (Wildman–Crippen LogP) is 2.66. The molecule has 6 nitrogen and oxygen atoms in total. The van der Waals surface area contributed by atoms with Crippen LogP contribution < -0.4 is 0 Å². The molecule has 7 heteroatoms. The first-order valence-corrected chi connectivity index (χ1v) is 10.2. The lowest BCUT2D eigenvalue weighted by Gasteiger charge is -2.31. The van der Waals surface area contributed by atoms with E-state index >= 15 is 0 Å². The van der Waals surface area contributed by atoms with Crippen molar-refractivity contribution in [3.05, 3.63) is 69.6 Å². The maximum Gasteiger partial charge on any atom is 0.290 e. The fourth-order valence-electron chi connectivity index (χ4n) is 3.71. The Morgan fingerprint density at radius 1 is 1.11 bits per heavy atom. The number of ether oxygens (including phenoxy) is 1. The number of Topliss-reactive ketones (excluding diaryl/α,β-unsaturated/α-hetero) is 1. The minimum Gasteiger partial charge on any atom is -0.503 e. The van der Waals surface area contributed by atoms with E-state index in [1.807, 2.05) is 35.7 Å². The van der Waals surface area contributed by atoms with Crippen molar-refractivity contribution in [3.8, 4) is 0 Å². The first-order chi connectivity index (χ1) is 13.7. The summed E-state index contributed by atoms with van der Waals surface area (Å²) < 4.78 is 5.38. The highest BCUT2D eigenvalue weighted by Crippen LogP contribution is 2.39. The van der Waals surface area contributed by atoms with Gasteiger partial charge in [-0.15, -0.1) is 11.3 Å². The van der Waals surface area contributed by atoms with Gasteiger partial charge in [0.15, 0.2) is 5.76 Å². The molecular weight excluding hydrogens is 376 g/mol. The summed E-state index contributed by atoms with van der Waals surface area (Å²) in [5.41, 5.74) is 0.988. The van der Waals surface area contributed by atoms with E-state index in [4.69, 9.17) is 4.74 Å². The highest BCUT2D eigenvalue weighted by molar-refractivity contribution is 7.12. The van der Waals surface area contributed by atoms with Crippen LogP contribution in [0, 0.1) is 0 Å². The number of benzene rings is 1. The number of morpholine rings is 1. The van der Waals surface area contributed by atoms with E-state index in [0.717, 1.165) is 18.7 Å². The van der Waals surface area contributed by atoms with Crippen LogP contribution in [0.15, 0.2) is 59.2 Å². The topological polar surface area (TPSA) is 70.1 Å². The van der Waals surface area contributed by atoms with Gasteiger partial charge in [-0.2, -0.15) is 0 Å². The third kappa shape index (κ3) is 3.61. The molecule has 0 spiro atoms. The molecule has 0 radical (unpaired) electrons. The van der Waals surface area contributed by atoms with Crippen LogP contribution in [0.1, 0.15) is 21.3 Å². The molecule has 4 rings (SSSR count). The lowest BCUT2D eigenvalue weighted by Crippen LogP contribution is -2.43. The van der Waals surface area contributed by atoms with Crippen molar-refractivity contribution in [2.45, 2.75) is 6.04 Å². The van der Waals surface area contributed by atoms with Crippen molar-refractivity contribution in [1.29, 1.82) is 0 Å². The minimum absolute atomic E-state index is 0.167. The van der Waals surface area contributed by atoms with Gasteiger partial charge in [-0.1, -0.05) is 36.4 Å². The highest BCUT2D eigenvalue weighted by atomic mass is 32.1. The van der Waals surface area contributed by atoms with Gasteiger partial charge in [0.1, 0.15) is 0 Å². The van der Waals surface area contributed by atoms with Crippen LogP contribution >= 0.6 is 11.3 Å². The average Bonchev–Trinajstić information content (AvgIpc) is 3.36. The third-order valence-corrected chi connectivity index (χ3v) is 6.04. The number of rotatable bonds is 6. The highest BCUT2D eigenvalue weighted by Gasteiger charge is 2.43. The number of hydrogen-bond acceptors (Lipinski definition) is 6. The summed E-state index contributed by atoms with van der Waals surface area (Å²) >= 11 is 1.31. The summed E-state index contributed by atoms with van der Waals surface area (Å²) in [5, 5.41) is 12.4. The Morgan fingerprint density at radius 2 is 1.86 bits per heavy atom. The van der Waals surface area contributed by atoms with E-state index in [2.05, 4.69) is 4.90 Å². The number of aliphatic hydroxyl groups excluding tert-OH is 1. The quantitative estimate of drug-likeness (QED) is 0.758. The van der Waals surface area contributed by atoms with E-state index in [9.17, 15) is 14.7 Å². The van der Waals surface area contributed by atoms with Crippen LogP contribution in [0.3, 0.4) is 0 Å². The van der Waals surface area contributed by atoms with Crippen molar-refractivity contribution >= 4 is 23.0 Å². The van der Waals surface area contributed by atoms with Crippen molar-refractivity contribution in [2.75, 3.05) is 39.4 Å². The zero-order valence-electron chi connectivity index (χ0n) is 15.4. The molecule has 146 valence electrons. The number of carbonyl (C=O) groups is 2. The standard InChI is InChI=1S/C21H22N2O4S/c24-19(16-7-4-14-28-16)17-18(15-5-2-1-3-6-15)23(21(26)20(17)25)9-8-22-10-12-27-13-11-22/h1-7,14,18,25H,8-13H2. The molecule has 1 unspecified atom stereocenters. The van der Waals surface area contributed by atoms with Crippen molar-refractivity contribution in [1.82, 2.24) is 9.80 Å². The number of ketones is 1. The summed E-state index contributed by atoms with van der Waals surface area (Å²) in [6.07, 6.45) is 0. The number of carbonyl (C=O) groups excluding carboxylic acids is 2. The lowest BCUT2D eigenvalue weighted by molar-refractivity contribution is -0.129. The van der Waals surface area contributed by atoms with Gasteiger partial charge in [-0.05, 0) is 17.0 Å². The molecule has 28 heavy (non-hydrogen) atoms. The fourth-order valence-corrected chi connectivity index (χ4v) is 4.39. The molecule has 0 saturated carbocycles. The second-order valence-electron chi connectivity index (χ2n) is 6.83. The van der Waals surface area contributed by atoms with E-state index in [1.54, 1.807) is 17.0 Å². The number of hydrogen-bond donors (Lipinski definition) is 1. The third-order valence-electron chi connectivity index (χ3n) is 5.17. The Labute approximate surface area is 167 Å². The van der Waals surface area contributed by atoms with Crippen LogP contribution in [0.5, 0.6) is 0 Å². The summed E-state index contributed by atoms with van der Waals surface area (Å²) in [5.74, 6) is -1.21. The maximum absolute atomic E-state index is 13.1. The molecular formula is C21H22N2O4S. The second-order valence-corrected chi connectivity index (χ2v) is 7.78. The maximum atomic E-state index is 13.1. The minimum atomic E-state index is -0.579. The number of thiophene rings is 1. The largest absolute Gasteiger partial charge is 0.503 e. The lowest BCUT2D eigenvalue weighted by atomic mass is 9.95. The van der Waals surface area contributed by atoms with Gasteiger partial charge in [0, 0.05) is 26.2 Å². The zero-order valence-corrected chi connectivity index (χ0v) is 16.2. The zero-order chi connectivity index (χ0) is 19.5. The summed E-state index contributed by atoms with van der Waals surface area (Å²) in [6.45, 7) is 4.11. The molecule has 3 heterocycles. The predicted molar refractivity (Wildman–Crippen MR) is 106 cm³/mol. The van der Waals surface area contributed by atoms with Crippen LogP contribution in [0.4, 0.5) is 0 Å². The van der Waals surface area contributed by atoms with Gasteiger partial charge in [0.25, 0.3) is 5.91 Å². The normalized spacial score (nSPS) is 20.8. The Bertz CT molecular complexity index is 873. The number of nitrogens with zero attached hydrogens (tertiary/aromatic N) is 2. The number of amides is 1. The van der Waals surface area contributed by atoms with Crippen molar-refractivity contribution < 1.29 is 19.4 Å². The fraction of sp³-hybridized carbons (Fsp3) is 0.333. The second kappa shape index (κ2) is 8.26. The molecule has 1 saturated heterocycles. The molecule has 2 aliphatic heterocycles. The Hall–Kier alpha value is -2.48. The smallest absolute Gasteiger partial charge is 0.290 e. The van der Waals surface area contributed by atoms with E-state index in [0.29, 0.717) is 31.2 Å². The SMILES string of the molecule is O=C(C1=C(O)C(=O)N(CCN2CCOCC2)C1c1ccccc1)c1cccs1. The van der Waals surface area contributed by atoms with Crippen molar-refractivity contribution in [2.24, 2.45) is 0 Å². The van der Waals surface area contributed by atoms with Crippen LogP contribution in [0.25, 0.3) is 0 Å². The summed E-state index contributed by atoms with van der Waals surface area (Å²) in [6, 6.07) is 12.4. The molecule has 1 amide bonds. The Kier molecular flexibility index (Phi) is 5.57. The monoisotopic (exact) mass is 398 g/mol. The molecule has 1 aromatic heterocycles. The van der Waals surface area contributed by atoms with E-state index in [1.165, 1.54) is 11.3 Å². The van der Waals surface area contributed by atoms with E-state index in [-0.39, 0.29) is 11.4 Å². The van der Waals surface area contributed by atoms with Crippen molar-refractivity contribution in [3.63, 3.8) is 0 Å². The van der Waals surface area contributed by atoms with Crippen LogP contribution in [-0.2, 0) is 9.53 Å². The molecule has 1 fully saturated rings. The molecule has 2 aliphatic rings. The molecule has 1 N–H and O–H groups in total. The van der Waals surface area contributed by atoms with Crippen LogP contribution in [-0.4, -0.2) is 66.0 Å². The molecule has 0 bridgehead atoms. The van der Waals surface area contributed by atoms with Gasteiger partial charge < -0.3 is 14.7 Å². The van der Waals surface area contributed by atoms with Gasteiger partial charge in [0.05, 0.1) is 29.7 Å². The Morgan fingerprint density at radius 3 is 2.54 bits per heavy atom. The van der Waals surface area contributed by atoms with Gasteiger partial charge in [-0.3, -0.25) is 14.5 Å². The molecule has 2 aromatic rings. The number of aliphatic hydroxyl groups is 1. The molecule has 0 aliphatic carbocycles.